The van der Waals surface area contributed by atoms with E-state index in [4.69, 9.17) is 9.47 Å². The molecule has 2 rings (SSSR count). The lowest BCUT2D eigenvalue weighted by Gasteiger charge is -2.28. The van der Waals surface area contributed by atoms with Crippen molar-refractivity contribution in [1.29, 1.82) is 0 Å². The first-order valence-electron chi connectivity index (χ1n) is 9.36. The molecule has 2 amide bonds. The Bertz CT molecular complexity index is 839. The number of carbonyl (C=O) groups excluding carboxylic acids is 2. The SMILES string of the molecule is CNC(=O)[C@H](C)N(Cc1ccc(F)cc1)C(=O)CCc1ccc(OC)c(OC)c1. The van der Waals surface area contributed by atoms with Gasteiger partial charge in [0.15, 0.2) is 11.5 Å². The first kappa shape index (κ1) is 22.2. The minimum atomic E-state index is -0.650. The Morgan fingerprint density at radius 3 is 2.24 bits per heavy atom. The van der Waals surface area contributed by atoms with E-state index in [1.54, 1.807) is 39.3 Å². The zero-order valence-electron chi connectivity index (χ0n) is 17.2. The Morgan fingerprint density at radius 2 is 1.66 bits per heavy atom. The number of benzene rings is 2. The van der Waals surface area contributed by atoms with E-state index in [-0.39, 0.29) is 30.6 Å². The Balaban J connectivity index is 2.14. The third kappa shape index (κ3) is 5.94. The number of nitrogens with one attached hydrogen (secondary N) is 1. The molecular formula is C22H27FN2O4. The van der Waals surface area contributed by atoms with Crippen LogP contribution in [0.3, 0.4) is 0 Å². The summed E-state index contributed by atoms with van der Waals surface area (Å²) in [5.74, 6) is 0.444. The fourth-order valence-electron chi connectivity index (χ4n) is 3.01. The van der Waals surface area contributed by atoms with Crippen molar-refractivity contribution in [2.45, 2.75) is 32.4 Å². The summed E-state index contributed by atoms with van der Waals surface area (Å²) in [6.45, 7) is 1.90. The van der Waals surface area contributed by atoms with Crippen LogP contribution in [0.5, 0.6) is 11.5 Å². The number of hydrogen-bond acceptors (Lipinski definition) is 4. The molecule has 0 bridgehead atoms. The molecule has 0 fully saturated rings. The molecule has 0 spiro atoms. The van der Waals surface area contributed by atoms with Gasteiger partial charge in [0.1, 0.15) is 11.9 Å². The lowest BCUT2D eigenvalue weighted by molar-refractivity contribution is -0.140. The summed E-state index contributed by atoms with van der Waals surface area (Å²) in [5, 5.41) is 2.57. The van der Waals surface area contributed by atoms with Crippen LogP contribution in [-0.4, -0.2) is 44.0 Å². The molecule has 29 heavy (non-hydrogen) atoms. The van der Waals surface area contributed by atoms with E-state index >= 15 is 0 Å². The lowest BCUT2D eigenvalue weighted by atomic mass is 10.1. The predicted molar refractivity (Wildman–Crippen MR) is 108 cm³/mol. The first-order valence-corrected chi connectivity index (χ1v) is 9.36. The molecule has 2 aromatic carbocycles. The van der Waals surface area contributed by atoms with Crippen molar-refractivity contribution in [3.8, 4) is 11.5 Å². The quantitative estimate of drug-likeness (QED) is 0.700. The van der Waals surface area contributed by atoms with Crippen LogP contribution in [0, 0.1) is 5.82 Å². The number of amides is 2. The molecule has 6 nitrogen and oxygen atoms in total. The van der Waals surface area contributed by atoms with Crippen molar-refractivity contribution in [3.63, 3.8) is 0 Å². The number of rotatable bonds is 9. The summed E-state index contributed by atoms with van der Waals surface area (Å²) in [6, 6.07) is 10.8. The van der Waals surface area contributed by atoms with Gasteiger partial charge < -0.3 is 19.7 Å². The highest BCUT2D eigenvalue weighted by Crippen LogP contribution is 2.28. The molecule has 0 radical (unpaired) electrons. The molecule has 0 aliphatic heterocycles. The lowest BCUT2D eigenvalue weighted by Crippen LogP contribution is -2.46. The van der Waals surface area contributed by atoms with Crippen LogP contribution < -0.4 is 14.8 Å². The van der Waals surface area contributed by atoms with E-state index in [0.29, 0.717) is 17.9 Å². The van der Waals surface area contributed by atoms with E-state index < -0.39 is 6.04 Å². The maximum Gasteiger partial charge on any atom is 0.242 e. The van der Waals surface area contributed by atoms with E-state index in [1.807, 2.05) is 12.1 Å². The van der Waals surface area contributed by atoms with Gasteiger partial charge in [-0.25, -0.2) is 4.39 Å². The van der Waals surface area contributed by atoms with Crippen molar-refractivity contribution < 1.29 is 23.5 Å². The topological polar surface area (TPSA) is 67.9 Å². The zero-order valence-corrected chi connectivity index (χ0v) is 17.2. The molecule has 0 aromatic heterocycles. The smallest absolute Gasteiger partial charge is 0.242 e. The van der Waals surface area contributed by atoms with Crippen LogP contribution in [0.4, 0.5) is 4.39 Å². The number of hydrogen-bond donors (Lipinski definition) is 1. The molecular weight excluding hydrogens is 375 g/mol. The summed E-state index contributed by atoms with van der Waals surface area (Å²) < 4.78 is 23.7. The molecule has 0 saturated heterocycles. The van der Waals surface area contributed by atoms with Crippen LogP contribution in [0.2, 0.25) is 0 Å². The number of methoxy groups -OCH3 is 2. The standard InChI is InChI=1S/C22H27FN2O4/c1-15(22(27)24-2)25(14-17-5-9-18(23)10-6-17)21(26)12-8-16-7-11-19(28-3)20(13-16)29-4/h5-7,9-11,13,15H,8,12,14H2,1-4H3,(H,24,27)/t15-/m0/s1. The molecule has 0 unspecified atom stereocenters. The number of ether oxygens (including phenoxy) is 2. The number of carbonyl (C=O) groups is 2. The van der Waals surface area contributed by atoms with Gasteiger partial charge in [-0.05, 0) is 48.7 Å². The molecule has 7 heteroatoms. The summed E-state index contributed by atoms with van der Waals surface area (Å²) in [4.78, 5) is 26.6. The van der Waals surface area contributed by atoms with Gasteiger partial charge in [0.25, 0.3) is 0 Å². The van der Waals surface area contributed by atoms with Gasteiger partial charge in [0.2, 0.25) is 11.8 Å². The van der Waals surface area contributed by atoms with Crippen molar-refractivity contribution in [3.05, 3.63) is 59.4 Å². The second-order valence-electron chi connectivity index (χ2n) is 6.63. The monoisotopic (exact) mass is 402 g/mol. The summed E-state index contributed by atoms with van der Waals surface area (Å²) in [6.07, 6.45) is 0.706. The van der Waals surface area contributed by atoms with Gasteiger partial charge in [0.05, 0.1) is 14.2 Å². The van der Waals surface area contributed by atoms with Crippen molar-refractivity contribution in [2.24, 2.45) is 0 Å². The average Bonchev–Trinajstić information content (AvgIpc) is 2.75. The minimum Gasteiger partial charge on any atom is -0.493 e. The summed E-state index contributed by atoms with van der Waals surface area (Å²) >= 11 is 0. The number of likely N-dealkylation sites (N-methyl/N-ethyl adjacent to an activating group) is 1. The van der Waals surface area contributed by atoms with Gasteiger partial charge >= 0.3 is 0 Å². The van der Waals surface area contributed by atoms with Gasteiger partial charge in [-0.1, -0.05) is 18.2 Å². The van der Waals surface area contributed by atoms with E-state index in [1.165, 1.54) is 24.1 Å². The second kappa shape index (κ2) is 10.5. The van der Waals surface area contributed by atoms with Crippen LogP contribution >= 0.6 is 0 Å². The number of aryl methyl sites for hydroxylation is 1. The molecule has 0 aliphatic carbocycles. The van der Waals surface area contributed by atoms with Crippen molar-refractivity contribution >= 4 is 11.8 Å². The van der Waals surface area contributed by atoms with Gasteiger partial charge in [-0.15, -0.1) is 0 Å². The fraction of sp³-hybridized carbons (Fsp3) is 0.364. The van der Waals surface area contributed by atoms with Crippen LogP contribution in [0.25, 0.3) is 0 Å². The minimum absolute atomic E-state index is 0.166. The Kier molecular flexibility index (Phi) is 8.00. The van der Waals surface area contributed by atoms with Gasteiger partial charge in [0, 0.05) is 20.0 Å². The third-order valence-electron chi connectivity index (χ3n) is 4.76. The number of nitrogens with zero attached hydrogens (tertiary/aromatic N) is 1. The molecule has 0 heterocycles. The first-order chi connectivity index (χ1) is 13.9. The zero-order chi connectivity index (χ0) is 21.4. The van der Waals surface area contributed by atoms with Gasteiger partial charge in [-0.2, -0.15) is 0 Å². The normalized spacial score (nSPS) is 11.5. The molecule has 1 atom stereocenters. The molecule has 156 valence electrons. The molecule has 0 saturated carbocycles. The molecule has 2 aromatic rings. The fourth-order valence-corrected chi connectivity index (χ4v) is 3.01. The Morgan fingerprint density at radius 1 is 1.03 bits per heavy atom. The van der Waals surface area contributed by atoms with E-state index in [9.17, 15) is 14.0 Å². The summed E-state index contributed by atoms with van der Waals surface area (Å²) in [5.41, 5.74) is 1.67. The van der Waals surface area contributed by atoms with Gasteiger partial charge in [-0.3, -0.25) is 9.59 Å². The summed E-state index contributed by atoms with van der Waals surface area (Å²) in [7, 11) is 4.65. The highest BCUT2D eigenvalue weighted by molar-refractivity contribution is 5.87. The molecule has 1 N–H and O–H groups in total. The Labute approximate surface area is 170 Å². The van der Waals surface area contributed by atoms with Crippen LogP contribution in [0.1, 0.15) is 24.5 Å². The average molecular weight is 402 g/mol. The predicted octanol–water partition coefficient (Wildman–Crippen LogP) is 2.94. The number of halogens is 1. The molecule has 0 aliphatic rings. The van der Waals surface area contributed by atoms with Crippen LogP contribution in [0.15, 0.2) is 42.5 Å². The highest BCUT2D eigenvalue weighted by Gasteiger charge is 2.25. The maximum atomic E-state index is 13.2. The highest BCUT2D eigenvalue weighted by atomic mass is 19.1. The van der Waals surface area contributed by atoms with Crippen molar-refractivity contribution in [1.82, 2.24) is 10.2 Å². The third-order valence-corrected chi connectivity index (χ3v) is 4.76. The van der Waals surface area contributed by atoms with Crippen LogP contribution in [-0.2, 0) is 22.6 Å². The Hall–Kier alpha value is -3.09. The van der Waals surface area contributed by atoms with E-state index in [0.717, 1.165) is 11.1 Å². The van der Waals surface area contributed by atoms with E-state index in [2.05, 4.69) is 5.32 Å². The maximum absolute atomic E-state index is 13.2. The second-order valence-corrected chi connectivity index (χ2v) is 6.63. The largest absolute Gasteiger partial charge is 0.493 e. The van der Waals surface area contributed by atoms with Crippen molar-refractivity contribution in [2.75, 3.05) is 21.3 Å².